The number of aryl methyl sites for hydroxylation is 2. The smallest absolute Gasteiger partial charge is 0.454 e. The highest BCUT2D eigenvalue weighted by Crippen LogP contribution is 2.30. The monoisotopic (exact) mass is 451 g/mol. The Morgan fingerprint density at radius 2 is 1.78 bits per heavy atom. The standard InChI is InChI=1S/C23H28F3N3O3/c1-7-29-19(12-15(2)28-29)20(31-14-32-21(30)23(24,25)26)18(13-27-6)16-8-10-17(11-9-16)22(3,4)5/h8-13H,7,14H2,1-6H3/b20-18-,27-13-. The maximum absolute atomic E-state index is 12.5. The van der Waals surface area contributed by atoms with Gasteiger partial charge in [-0.2, -0.15) is 18.3 Å². The lowest BCUT2D eigenvalue weighted by Gasteiger charge is -2.20. The average Bonchev–Trinajstić information content (AvgIpc) is 3.09. The predicted molar refractivity (Wildman–Crippen MR) is 117 cm³/mol. The van der Waals surface area contributed by atoms with Crippen LogP contribution < -0.4 is 0 Å². The van der Waals surface area contributed by atoms with Gasteiger partial charge in [-0.25, -0.2) is 4.79 Å². The zero-order chi connectivity index (χ0) is 24.1. The molecule has 0 aliphatic heterocycles. The molecule has 9 heteroatoms. The van der Waals surface area contributed by atoms with Crippen molar-refractivity contribution in [2.45, 2.75) is 52.8 Å². The summed E-state index contributed by atoms with van der Waals surface area (Å²) in [7, 11) is 1.58. The minimum Gasteiger partial charge on any atom is -0.454 e. The molecule has 0 atom stereocenters. The second-order valence-corrected chi connectivity index (χ2v) is 8.14. The van der Waals surface area contributed by atoms with E-state index in [1.165, 1.54) is 0 Å². The van der Waals surface area contributed by atoms with Gasteiger partial charge in [-0.1, -0.05) is 45.0 Å². The van der Waals surface area contributed by atoms with Gasteiger partial charge in [0.25, 0.3) is 0 Å². The topological polar surface area (TPSA) is 65.7 Å². The fourth-order valence-electron chi connectivity index (χ4n) is 3.03. The molecular formula is C23H28F3N3O3. The van der Waals surface area contributed by atoms with Gasteiger partial charge < -0.3 is 9.47 Å². The van der Waals surface area contributed by atoms with Crippen LogP contribution in [-0.2, 0) is 26.2 Å². The van der Waals surface area contributed by atoms with Crippen molar-refractivity contribution in [3.8, 4) is 0 Å². The third-order valence-electron chi connectivity index (χ3n) is 4.62. The summed E-state index contributed by atoms with van der Waals surface area (Å²) in [6.45, 7) is 9.54. The lowest BCUT2D eigenvalue weighted by Crippen LogP contribution is -2.26. The van der Waals surface area contributed by atoms with Crippen molar-refractivity contribution in [1.29, 1.82) is 0 Å². The highest BCUT2D eigenvalue weighted by Gasteiger charge is 2.41. The zero-order valence-corrected chi connectivity index (χ0v) is 19.1. The largest absolute Gasteiger partial charge is 0.491 e. The number of aliphatic imine (C=N–C) groups is 1. The molecule has 32 heavy (non-hydrogen) atoms. The molecule has 0 radical (unpaired) electrons. The number of rotatable bonds is 7. The molecule has 2 aromatic rings. The molecule has 0 unspecified atom stereocenters. The van der Waals surface area contributed by atoms with E-state index in [4.69, 9.17) is 4.74 Å². The van der Waals surface area contributed by atoms with Crippen molar-refractivity contribution in [2.75, 3.05) is 13.8 Å². The van der Waals surface area contributed by atoms with Crippen molar-refractivity contribution in [2.24, 2.45) is 4.99 Å². The maximum Gasteiger partial charge on any atom is 0.491 e. The van der Waals surface area contributed by atoms with Gasteiger partial charge in [0.05, 0.1) is 5.69 Å². The van der Waals surface area contributed by atoms with Crippen LogP contribution in [0.15, 0.2) is 35.3 Å². The first kappa shape index (κ1) is 25.2. The number of hydrogen-bond acceptors (Lipinski definition) is 5. The summed E-state index contributed by atoms with van der Waals surface area (Å²) in [4.78, 5) is 15.2. The number of carbonyl (C=O) groups is 1. The van der Waals surface area contributed by atoms with Crippen LogP contribution in [0, 0.1) is 6.92 Å². The zero-order valence-electron chi connectivity index (χ0n) is 19.1. The first-order valence-corrected chi connectivity index (χ1v) is 10.1. The van der Waals surface area contributed by atoms with Crippen molar-refractivity contribution in [3.63, 3.8) is 0 Å². The fraction of sp³-hybridized carbons (Fsp3) is 0.435. The number of esters is 1. The van der Waals surface area contributed by atoms with Crippen LogP contribution in [0.4, 0.5) is 13.2 Å². The number of nitrogens with zero attached hydrogens (tertiary/aromatic N) is 3. The summed E-state index contributed by atoms with van der Waals surface area (Å²) in [5.74, 6) is -2.12. The SMILES string of the molecule is CCn1nc(C)cc1/C(OCOC(=O)C(F)(F)F)=C(\C=N/C)c1ccc(C(C)(C)C)cc1. The van der Waals surface area contributed by atoms with Crippen molar-refractivity contribution in [1.82, 2.24) is 9.78 Å². The van der Waals surface area contributed by atoms with Crippen LogP contribution in [-0.4, -0.2) is 42.0 Å². The average molecular weight is 451 g/mol. The predicted octanol–water partition coefficient (Wildman–Crippen LogP) is 5.16. The molecule has 0 N–H and O–H groups in total. The number of alkyl halides is 3. The van der Waals surface area contributed by atoms with Crippen LogP contribution in [0.5, 0.6) is 0 Å². The van der Waals surface area contributed by atoms with Gasteiger partial charge in [0.2, 0.25) is 6.79 Å². The van der Waals surface area contributed by atoms with E-state index in [2.05, 4.69) is 35.6 Å². The number of ether oxygens (including phenoxy) is 2. The third kappa shape index (κ3) is 6.21. The van der Waals surface area contributed by atoms with Gasteiger partial charge in [0, 0.05) is 25.4 Å². The molecule has 0 bridgehead atoms. The van der Waals surface area contributed by atoms with E-state index in [-0.39, 0.29) is 11.2 Å². The van der Waals surface area contributed by atoms with Crippen molar-refractivity contribution < 1.29 is 27.4 Å². The Bertz CT molecular complexity index is 998. The molecule has 0 saturated carbocycles. The molecule has 0 saturated heterocycles. The summed E-state index contributed by atoms with van der Waals surface area (Å²) in [5, 5.41) is 4.39. The van der Waals surface area contributed by atoms with E-state index < -0.39 is 18.9 Å². The highest BCUT2D eigenvalue weighted by molar-refractivity contribution is 6.18. The summed E-state index contributed by atoms with van der Waals surface area (Å²) in [5.41, 5.74) is 3.55. The molecule has 6 nitrogen and oxygen atoms in total. The van der Waals surface area contributed by atoms with Crippen molar-refractivity contribution >= 4 is 23.5 Å². The molecule has 2 rings (SSSR count). The number of allylic oxidation sites excluding steroid dienone is 1. The molecule has 1 heterocycles. The van der Waals surface area contributed by atoms with Gasteiger partial charge in [0.1, 0.15) is 5.69 Å². The Labute approximate surface area is 185 Å². The Balaban J connectivity index is 2.57. The van der Waals surface area contributed by atoms with Gasteiger partial charge in [-0.05, 0) is 36.5 Å². The van der Waals surface area contributed by atoms with Crippen molar-refractivity contribution in [3.05, 3.63) is 52.8 Å². The van der Waals surface area contributed by atoms with Crippen LogP contribution >= 0.6 is 0 Å². The van der Waals surface area contributed by atoms with Gasteiger partial charge in [0.15, 0.2) is 5.76 Å². The Morgan fingerprint density at radius 1 is 1.16 bits per heavy atom. The molecule has 0 aliphatic carbocycles. The summed E-state index contributed by atoms with van der Waals surface area (Å²) < 4.78 is 49.1. The van der Waals surface area contributed by atoms with E-state index in [0.29, 0.717) is 23.5 Å². The highest BCUT2D eigenvalue weighted by atomic mass is 19.4. The first-order chi connectivity index (χ1) is 14.9. The Kier molecular flexibility index (Phi) is 7.87. The summed E-state index contributed by atoms with van der Waals surface area (Å²) in [6.07, 6.45) is -3.55. The van der Waals surface area contributed by atoms with Crippen LogP contribution in [0.1, 0.15) is 50.2 Å². The normalized spacial score (nSPS) is 13.3. The number of halogens is 3. The van der Waals surface area contributed by atoms with E-state index in [1.807, 2.05) is 31.2 Å². The van der Waals surface area contributed by atoms with Crippen LogP contribution in [0.25, 0.3) is 11.3 Å². The third-order valence-corrected chi connectivity index (χ3v) is 4.62. The summed E-state index contributed by atoms with van der Waals surface area (Å²) in [6, 6.07) is 9.48. The maximum atomic E-state index is 12.5. The van der Waals surface area contributed by atoms with Gasteiger partial charge >= 0.3 is 12.1 Å². The van der Waals surface area contributed by atoms with Crippen LogP contribution in [0.2, 0.25) is 0 Å². The molecule has 1 aromatic heterocycles. The van der Waals surface area contributed by atoms with E-state index in [0.717, 1.165) is 11.1 Å². The number of carbonyl (C=O) groups excluding carboxylic acids is 1. The second kappa shape index (κ2) is 10.0. The molecule has 0 fully saturated rings. The fourth-order valence-corrected chi connectivity index (χ4v) is 3.03. The molecular weight excluding hydrogens is 423 g/mol. The van der Waals surface area contributed by atoms with Gasteiger partial charge in [-0.3, -0.25) is 9.67 Å². The van der Waals surface area contributed by atoms with E-state index in [1.54, 1.807) is 30.9 Å². The first-order valence-electron chi connectivity index (χ1n) is 10.1. The molecule has 0 spiro atoms. The van der Waals surface area contributed by atoms with E-state index in [9.17, 15) is 18.0 Å². The molecule has 0 aliphatic rings. The number of aromatic nitrogens is 2. The lowest BCUT2D eigenvalue weighted by molar-refractivity contribution is -0.206. The minimum atomic E-state index is -5.11. The molecule has 174 valence electrons. The second-order valence-electron chi connectivity index (χ2n) is 8.14. The Morgan fingerprint density at radius 3 is 2.28 bits per heavy atom. The molecule has 1 aromatic carbocycles. The minimum absolute atomic E-state index is 0.0513. The van der Waals surface area contributed by atoms with E-state index >= 15 is 0 Å². The lowest BCUT2D eigenvalue weighted by atomic mass is 9.86. The summed E-state index contributed by atoms with van der Waals surface area (Å²) >= 11 is 0. The molecule has 0 amide bonds. The quantitative estimate of drug-likeness (QED) is 0.253. The van der Waals surface area contributed by atoms with Gasteiger partial charge in [-0.15, -0.1) is 0 Å². The van der Waals surface area contributed by atoms with Crippen LogP contribution in [0.3, 0.4) is 0 Å². The number of benzene rings is 1. The number of hydrogen-bond donors (Lipinski definition) is 0. The Hall–Kier alpha value is -3.10.